The molecule has 6 heteroatoms. The summed E-state index contributed by atoms with van der Waals surface area (Å²) < 4.78 is 7.45. The van der Waals surface area contributed by atoms with E-state index < -0.39 is 0 Å². The average molecular weight is 777 g/mol. The maximum absolute atomic E-state index is 5.19. The van der Waals surface area contributed by atoms with E-state index in [4.69, 9.17) is 9.97 Å². The van der Waals surface area contributed by atoms with E-state index in [1.54, 1.807) is 0 Å². The molecule has 0 N–H and O–H groups in total. The van der Waals surface area contributed by atoms with E-state index in [0.29, 0.717) is 5.95 Å². The van der Waals surface area contributed by atoms with Crippen molar-refractivity contribution in [2.24, 2.45) is 0 Å². The quantitative estimate of drug-likeness (QED) is 0.169. The van der Waals surface area contributed by atoms with Gasteiger partial charge in [-0.15, -0.1) is 22.7 Å². The largest absolute Gasteiger partial charge is 0.308 e. The lowest BCUT2D eigenvalue weighted by Gasteiger charge is -2.25. The molecule has 0 bridgehead atoms. The molecule has 0 aliphatic carbocycles. The van der Waals surface area contributed by atoms with Gasteiger partial charge in [0.15, 0.2) is 0 Å². The molecule has 4 aromatic heterocycles. The highest BCUT2D eigenvalue weighted by atomic mass is 32.1. The Morgan fingerprint density at radius 2 is 0.776 bits per heavy atom. The number of aromatic nitrogens is 3. The topological polar surface area (TPSA) is 34.0 Å². The third kappa shape index (κ3) is 5.19. The van der Waals surface area contributed by atoms with Crippen molar-refractivity contribution in [1.29, 1.82) is 0 Å². The van der Waals surface area contributed by atoms with Crippen molar-refractivity contribution < 1.29 is 0 Å². The van der Waals surface area contributed by atoms with E-state index >= 15 is 0 Å². The van der Waals surface area contributed by atoms with Gasteiger partial charge in [-0.1, -0.05) is 133 Å². The number of fused-ring (bicyclic) bond motifs is 11. The van der Waals surface area contributed by atoms with Crippen molar-refractivity contribution in [3.05, 3.63) is 194 Å². The van der Waals surface area contributed by atoms with E-state index in [1.165, 1.54) is 73.4 Å². The third-order valence-corrected chi connectivity index (χ3v) is 13.7. The van der Waals surface area contributed by atoms with Gasteiger partial charge in [0, 0.05) is 62.5 Å². The lowest BCUT2D eigenvalue weighted by molar-refractivity contribution is 0.983. The second kappa shape index (κ2) is 13.2. The van der Waals surface area contributed by atoms with Gasteiger partial charge >= 0.3 is 0 Å². The summed E-state index contributed by atoms with van der Waals surface area (Å²) in [6.45, 7) is 0. The second-order valence-electron chi connectivity index (χ2n) is 14.6. The molecule has 0 fully saturated rings. The molecular weight excluding hydrogens is 745 g/mol. The Balaban J connectivity index is 1.04. The molecule has 4 nitrogen and oxygen atoms in total. The Morgan fingerprint density at radius 1 is 0.362 bits per heavy atom. The first-order valence-electron chi connectivity index (χ1n) is 19.4. The van der Waals surface area contributed by atoms with Gasteiger partial charge in [0.2, 0.25) is 5.95 Å². The summed E-state index contributed by atoms with van der Waals surface area (Å²) in [6.07, 6.45) is 3.93. The van der Waals surface area contributed by atoms with E-state index in [0.717, 1.165) is 28.1 Å². The highest BCUT2D eigenvalue weighted by Gasteiger charge is 2.23. The fourth-order valence-electron chi connectivity index (χ4n) is 8.62. The summed E-state index contributed by atoms with van der Waals surface area (Å²) in [5, 5.41) is 7.68. The number of hydrogen-bond acceptors (Lipinski definition) is 5. The first-order valence-corrected chi connectivity index (χ1v) is 21.0. The minimum absolute atomic E-state index is 0.642. The Labute approximate surface area is 342 Å². The monoisotopic (exact) mass is 776 g/mol. The van der Waals surface area contributed by atoms with Crippen LogP contribution in [0.4, 0.5) is 17.1 Å². The maximum Gasteiger partial charge on any atom is 0.234 e. The first kappa shape index (κ1) is 33.1. The molecule has 0 spiro atoms. The molecule has 0 atom stereocenters. The fourth-order valence-corrected chi connectivity index (χ4v) is 11.1. The van der Waals surface area contributed by atoms with Crippen LogP contribution in [-0.2, 0) is 0 Å². The van der Waals surface area contributed by atoms with Gasteiger partial charge < -0.3 is 4.90 Å². The average Bonchev–Trinajstić information content (AvgIpc) is 3.97. The molecule has 0 saturated carbocycles. The van der Waals surface area contributed by atoms with Crippen LogP contribution >= 0.6 is 22.7 Å². The van der Waals surface area contributed by atoms with Gasteiger partial charge in [-0.3, -0.25) is 4.57 Å². The predicted molar refractivity (Wildman–Crippen MR) is 248 cm³/mol. The van der Waals surface area contributed by atoms with Crippen molar-refractivity contribution >= 4 is 102 Å². The van der Waals surface area contributed by atoms with Crippen molar-refractivity contribution in [2.45, 2.75) is 0 Å². The summed E-state index contributed by atoms with van der Waals surface area (Å²) in [5.41, 5.74) is 9.86. The highest BCUT2D eigenvalue weighted by Crippen LogP contribution is 2.48. The van der Waals surface area contributed by atoms with Crippen LogP contribution in [0.15, 0.2) is 194 Å². The van der Waals surface area contributed by atoms with Crippen molar-refractivity contribution in [3.8, 4) is 28.2 Å². The molecule has 8 aromatic carbocycles. The zero-order valence-electron chi connectivity index (χ0n) is 31.1. The number of rotatable bonds is 6. The van der Waals surface area contributed by atoms with Crippen LogP contribution in [0, 0.1) is 0 Å². The van der Waals surface area contributed by atoms with Crippen molar-refractivity contribution in [3.63, 3.8) is 0 Å². The van der Waals surface area contributed by atoms with Crippen LogP contribution in [-0.4, -0.2) is 14.5 Å². The molecule has 0 aliphatic heterocycles. The molecule has 58 heavy (non-hydrogen) atoms. The van der Waals surface area contributed by atoms with Gasteiger partial charge in [0.1, 0.15) is 0 Å². The van der Waals surface area contributed by atoms with E-state index in [2.05, 4.69) is 191 Å². The smallest absolute Gasteiger partial charge is 0.234 e. The second-order valence-corrected chi connectivity index (χ2v) is 16.7. The number of anilines is 3. The molecule has 12 aromatic rings. The van der Waals surface area contributed by atoms with E-state index in [1.807, 2.05) is 35.1 Å². The van der Waals surface area contributed by atoms with Gasteiger partial charge in [-0.2, -0.15) is 0 Å². The maximum atomic E-state index is 5.19. The predicted octanol–water partition coefficient (Wildman–Crippen LogP) is 15.1. The van der Waals surface area contributed by atoms with E-state index in [-0.39, 0.29) is 0 Å². The minimum atomic E-state index is 0.642. The van der Waals surface area contributed by atoms with Crippen LogP contribution in [0.3, 0.4) is 0 Å². The minimum Gasteiger partial charge on any atom is -0.308 e. The lowest BCUT2D eigenvalue weighted by atomic mass is 10.0. The molecule has 0 amide bonds. The van der Waals surface area contributed by atoms with Crippen LogP contribution in [0.5, 0.6) is 0 Å². The van der Waals surface area contributed by atoms with E-state index in [9.17, 15) is 0 Å². The Hall–Kier alpha value is -7.12. The van der Waals surface area contributed by atoms with Gasteiger partial charge in [0.05, 0.1) is 29.1 Å². The Bertz CT molecular complexity index is 3270. The Morgan fingerprint density at radius 3 is 1.24 bits per heavy atom. The summed E-state index contributed by atoms with van der Waals surface area (Å²) in [4.78, 5) is 12.6. The van der Waals surface area contributed by atoms with Gasteiger partial charge in [-0.05, 0) is 70.8 Å². The number of nitrogens with zero attached hydrogens (tertiary/aromatic N) is 4. The summed E-state index contributed by atoms with van der Waals surface area (Å²) in [7, 11) is 0. The molecule has 0 aliphatic rings. The number of benzene rings is 8. The van der Waals surface area contributed by atoms with Crippen molar-refractivity contribution in [2.75, 3.05) is 4.90 Å². The van der Waals surface area contributed by atoms with Crippen molar-refractivity contribution in [1.82, 2.24) is 14.5 Å². The molecule has 0 unspecified atom stereocenters. The zero-order valence-corrected chi connectivity index (χ0v) is 32.7. The lowest BCUT2D eigenvalue weighted by Crippen LogP contribution is -2.11. The normalized spacial score (nSPS) is 11.8. The van der Waals surface area contributed by atoms with Crippen LogP contribution in [0.1, 0.15) is 0 Å². The first-order chi connectivity index (χ1) is 28.8. The van der Waals surface area contributed by atoms with Gasteiger partial charge in [0.25, 0.3) is 0 Å². The van der Waals surface area contributed by atoms with Crippen LogP contribution < -0.4 is 4.90 Å². The van der Waals surface area contributed by atoms with Crippen LogP contribution in [0.2, 0.25) is 0 Å². The third-order valence-electron chi connectivity index (χ3n) is 11.3. The standard InChI is InChI=1S/C52H32N4S2/c1-3-11-33(12-4-1)35-19-23-37(24-20-35)55(38-25-21-36(22-26-38)34-13-5-2-6-14-34)39-31-53-52(54-32-39)56-44-29-27-42-40-15-7-9-17-46(40)57-50(42)48(44)49-45(56)30-28-43-41-16-8-10-18-47(41)58-51(43)49/h1-32H. The number of thiophene rings is 2. The SMILES string of the molecule is c1ccc(-c2ccc(N(c3ccc(-c4ccccc4)cc3)c3cnc(-n4c5ccc6c7ccccc7sc6c5c5c6sc7ccccc7c6ccc54)nc3)cc2)cc1. The Kier molecular flexibility index (Phi) is 7.55. The molecule has 12 rings (SSSR count). The fraction of sp³-hybridized carbons (Fsp3) is 0. The number of hydrogen-bond donors (Lipinski definition) is 0. The molecular formula is C52H32N4S2. The summed E-state index contributed by atoms with van der Waals surface area (Å²) in [5.74, 6) is 0.642. The summed E-state index contributed by atoms with van der Waals surface area (Å²) >= 11 is 3.75. The van der Waals surface area contributed by atoms with Gasteiger partial charge in [-0.25, -0.2) is 9.97 Å². The molecule has 4 heterocycles. The molecule has 272 valence electrons. The highest BCUT2D eigenvalue weighted by molar-refractivity contribution is 7.28. The zero-order chi connectivity index (χ0) is 38.2. The molecule has 0 radical (unpaired) electrons. The van der Waals surface area contributed by atoms with Crippen LogP contribution in [0.25, 0.3) is 90.4 Å². The molecule has 0 saturated heterocycles. The summed E-state index contributed by atoms with van der Waals surface area (Å²) in [6, 6.07) is 65.1.